The van der Waals surface area contributed by atoms with E-state index in [0.717, 1.165) is 29.2 Å². The van der Waals surface area contributed by atoms with Gasteiger partial charge in [0.25, 0.3) is 0 Å². The van der Waals surface area contributed by atoms with E-state index in [-0.39, 0.29) is 0 Å². The number of rotatable bonds is 4. The van der Waals surface area contributed by atoms with E-state index in [2.05, 4.69) is 15.4 Å². The summed E-state index contributed by atoms with van der Waals surface area (Å²) in [7, 11) is 1.94. The van der Waals surface area contributed by atoms with Crippen molar-refractivity contribution in [2.24, 2.45) is 13.0 Å². The van der Waals surface area contributed by atoms with Gasteiger partial charge in [0.2, 0.25) is 0 Å². The number of aryl methyl sites for hydroxylation is 1. The van der Waals surface area contributed by atoms with E-state index in [4.69, 9.17) is 4.98 Å². The molecule has 0 aromatic carbocycles. The standard InChI is InChI=1S/C14H18N4S/c1-17-6-4-12(16-17)14-15-11(9-19-14)8-18-7-5-13(18)10-2-3-10/h4,6,9-10,13H,2-3,5,7-8H2,1H3. The molecule has 0 radical (unpaired) electrons. The summed E-state index contributed by atoms with van der Waals surface area (Å²) in [5, 5.41) is 7.64. The van der Waals surface area contributed by atoms with Crippen molar-refractivity contribution < 1.29 is 0 Å². The molecule has 1 aliphatic heterocycles. The fourth-order valence-corrected chi connectivity index (χ4v) is 3.68. The lowest BCUT2D eigenvalue weighted by molar-refractivity contribution is 0.0644. The second kappa shape index (κ2) is 4.42. The first-order valence-corrected chi connectivity index (χ1v) is 7.86. The van der Waals surface area contributed by atoms with E-state index < -0.39 is 0 Å². The van der Waals surface area contributed by atoms with E-state index in [1.54, 1.807) is 11.3 Å². The van der Waals surface area contributed by atoms with Crippen LogP contribution in [0.3, 0.4) is 0 Å². The van der Waals surface area contributed by atoms with E-state index in [1.165, 1.54) is 31.5 Å². The maximum Gasteiger partial charge on any atom is 0.144 e. The summed E-state index contributed by atoms with van der Waals surface area (Å²) in [6.45, 7) is 2.27. The Morgan fingerprint density at radius 3 is 2.89 bits per heavy atom. The Balaban J connectivity index is 1.46. The lowest BCUT2D eigenvalue weighted by Crippen LogP contribution is -2.48. The van der Waals surface area contributed by atoms with Crippen molar-refractivity contribution in [3.8, 4) is 10.7 Å². The Labute approximate surface area is 117 Å². The highest BCUT2D eigenvalue weighted by Crippen LogP contribution is 2.41. The minimum atomic E-state index is 0.847. The van der Waals surface area contributed by atoms with Crippen LogP contribution < -0.4 is 0 Å². The zero-order chi connectivity index (χ0) is 12.8. The van der Waals surface area contributed by atoms with Crippen LogP contribution in [0.25, 0.3) is 10.7 Å². The van der Waals surface area contributed by atoms with Gasteiger partial charge in [-0.2, -0.15) is 5.10 Å². The van der Waals surface area contributed by atoms with Gasteiger partial charge < -0.3 is 0 Å². The Kier molecular flexibility index (Phi) is 2.70. The molecular formula is C14H18N4S. The highest BCUT2D eigenvalue weighted by molar-refractivity contribution is 7.13. The molecule has 2 fully saturated rings. The molecule has 0 N–H and O–H groups in total. The summed E-state index contributed by atoms with van der Waals surface area (Å²) in [6, 6.07) is 2.87. The van der Waals surface area contributed by atoms with Gasteiger partial charge in [-0.15, -0.1) is 11.3 Å². The molecule has 5 heteroatoms. The van der Waals surface area contributed by atoms with E-state index >= 15 is 0 Å². The molecule has 2 aliphatic rings. The average molecular weight is 274 g/mol. The molecule has 2 aromatic rings. The first kappa shape index (κ1) is 11.6. The molecule has 1 aliphatic carbocycles. The van der Waals surface area contributed by atoms with Gasteiger partial charge in [-0.05, 0) is 31.2 Å². The van der Waals surface area contributed by atoms with Crippen molar-refractivity contribution in [3.05, 3.63) is 23.3 Å². The lowest BCUT2D eigenvalue weighted by atomic mass is 9.98. The van der Waals surface area contributed by atoms with Gasteiger partial charge >= 0.3 is 0 Å². The van der Waals surface area contributed by atoms with Gasteiger partial charge in [0.15, 0.2) is 0 Å². The molecule has 4 nitrogen and oxygen atoms in total. The van der Waals surface area contributed by atoms with Crippen LogP contribution in [0.2, 0.25) is 0 Å². The highest BCUT2D eigenvalue weighted by Gasteiger charge is 2.40. The minimum absolute atomic E-state index is 0.847. The summed E-state index contributed by atoms with van der Waals surface area (Å²) in [5.41, 5.74) is 2.19. The van der Waals surface area contributed by atoms with Crippen molar-refractivity contribution in [2.45, 2.75) is 31.8 Å². The Bertz CT molecular complexity index is 584. The van der Waals surface area contributed by atoms with Crippen LogP contribution in [0.5, 0.6) is 0 Å². The van der Waals surface area contributed by atoms with Crippen molar-refractivity contribution in [1.82, 2.24) is 19.7 Å². The smallest absolute Gasteiger partial charge is 0.144 e. The van der Waals surface area contributed by atoms with E-state index in [0.29, 0.717) is 0 Å². The van der Waals surface area contributed by atoms with Crippen LogP contribution in [-0.4, -0.2) is 32.3 Å². The molecule has 0 amide bonds. The quantitative estimate of drug-likeness (QED) is 0.859. The molecule has 1 saturated heterocycles. The zero-order valence-corrected chi connectivity index (χ0v) is 11.9. The third kappa shape index (κ3) is 2.21. The number of aromatic nitrogens is 3. The summed E-state index contributed by atoms with van der Waals surface area (Å²) < 4.78 is 1.83. The van der Waals surface area contributed by atoms with Crippen molar-refractivity contribution >= 4 is 11.3 Å². The maximum absolute atomic E-state index is 4.73. The molecule has 4 rings (SSSR count). The van der Waals surface area contributed by atoms with E-state index in [1.807, 2.05) is 24.0 Å². The fraction of sp³-hybridized carbons (Fsp3) is 0.571. The number of nitrogens with zero attached hydrogens (tertiary/aromatic N) is 4. The SMILES string of the molecule is Cn1ccc(-c2nc(CN3CCC3C3CC3)cs2)n1. The molecule has 1 unspecified atom stereocenters. The Morgan fingerprint density at radius 1 is 1.37 bits per heavy atom. The normalized spacial score (nSPS) is 23.5. The molecule has 19 heavy (non-hydrogen) atoms. The van der Waals surface area contributed by atoms with Crippen molar-refractivity contribution in [1.29, 1.82) is 0 Å². The third-order valence-electron chi connectivity index (χ3n) is 4.20. The van der Waals surface area contributed by atoms with Crippen LogP contribution in [0, 0.1) is 5.92 Å². The van der Waals surface area contributed by atoms with Gasteiger partial charge in [-0.3, -0.25) is 9.58 Å². The molecule has 3 heterocycles. The molecule has 0 bridgehead atoms. The van der Waals surface area contributed by atoms with Gasteiger partial charge in [0.05, 0.1) is 5.69 Å². The number of hydrogen-bond acceptors (Lipinski definition) is 4. The molecule has 1 atom stereocenters. The van der Waals surface area contributed by atoms with Gasteiger partial charge in [0, 0.05) is 37.8 Å². The Hall–Kier alpha value is -1.20. The fourth-order valence-electron chi connectivity index (χ4n) is 2.91. The number of thiazole rings is 1. The summed E-state index contributed by atoms with van der Waals surface area (Å²) in [6.07, 6.45) is 6.24. The van der Waals surface area contributed by atoms with Crippen molar-refractivity contribution in [2.75, 3.05) is 6.54 Å². The first-order valence-electron chi connectivity index (χ1n) is 6.98. The number of likely N-dealkylation sites (tertiary alicyclic amines) is 1. The van der Waals surface area contributed by atoms with Gasteiger partial charge in [-0.1, -0.05) is 0 Å². The van der Waals surface area contributed by atoms with Crippen LogP contribution >= 0.6 is 11.3 Å². The largest absolute Gasteiger partial charge is 0.294 e. The lowest BCUT2D eigenvalue weighted by Gasteiger charge is -2.41. The van der Waals surface area contributed by atoms with E-state index in [9.17, 15) is 0 Å². The third-order valence-corrected chi connectivity index (χ3v) is 5.11. The summed E-state index contributed by atoms with van der Waals surface area (Å²) in [5.74, 6) is 0.989. The summed E-state index contributed by atoms with van der Waals surface area (Å²) >= 11 is 1.70. The zero-order valence-electron chi connectivity index (χ0n) is 11.1. The molecule has 2 aromatic heterocycles. The second-order valence-electron chi connectivity index (χ2n) is 5.68. The summed E-state index contributed by atoms with van der Waals surface area (Å²) in [4.78, 5) is 7.32. The van der Waals surface area contributed by atoms with Gasteiger partial charge in [0.1, 0.15) is 10.7 Å². The number of hydrogen-bond donors (Lipinski definition) is 0. The first-order chi connectivity index (χ1) is 9.29. The maximum atomic E-state index is 4.73. The van der Waals surface area contributed by atoms with Crippen LogP contribution in [-0.2, 0) is 13.6 Å². The monoisotopic (exact) mass is 274 g/mol. The van der Waals surface area contributed by atoms with Crippen LogP contribution in [0.15, 0.2) is 17.6 Å². The Morgan fingerprint density at radius 2 is 2.26 bits per heavy atom. The predicted octanol–water partition coefficient (Wildman–Crippen LogP) is 2.53. The van der Waals surface area contributed by atoms with Gasteiger partial charge in [-0.25, -0.2) is 4.98 Å². The average Bonchev–Trinajstić information content (AvgIpc) is 2.90. The molecule has 100 valence electrons. The second-order valence-corrected chi connectivity index (χ2v) is 6.54. The molecule has 0 spiro atoms. The highest BCUT2D eigenvalue weighted by atomic mass is 32.1. The minimum Gasteiger partial charge on any atom is -0.294 e. The molecular weight excluding hydrogens is 256 g/mol. The molecule has 1 saturated carbocycles. The predicted molar refractivity (Wildman–Crippen MR) is 75.9 cm³/mol. The van der Waals surface area contributed by atoms with Crippen LogP contribution in [0.1, 0.15) is 25.0 Å². The topological polar surface area (TPSA) is 34.0 Å². The van der Waals surface area contributed by atoms with Crippen molar-refractivity contribution in [3.63, 3.8) is 0 Å². The van der Waals surface area contributed by atoms with Crippen LogP contribution in [0.4, 0.5) is 0 Å².